The average molecular weight is 210 g/mol. The summed E-state index contributed by atoms with van der Waals surface area (Å²) in [6.45, 7) is 4.71. The van der Waals surface area contributed by atoms with E-state index in [1.54, 1.807) is 5.56 Å². The molecule has 0 spiro atoms. The van der Waals surface area contributed by atoms with Gasteiger partial charge in [0.15, 0.2) is 0 Å². The predicted molar refractivity (Wildman–Crippen MR) is 61.0 cm³/mol. The minimum absolute atomic E-state index is 0. The van der Waals surface area contributed by atoms with Crippen molar-refractivity contribution in [1.29, 1.82) is 0 Å². The first-order valence-corrected chi connectivity index (χ1v) is 5.14. The van der Waals surface area contributed by atoms with Crippen molar-refractivity contribution < 1.29 is 0 Å². The number of rotatable bonds is 1. The second-order valence-electron chi connectivity index (χ2n) is 4.37. The zero-order valence-corrected chi connectivity index (χ0v) is 9.18. The molecule has 76 valence electrons. The average Bonchev–Trinajstić information content (AvgIpc) is 2.61. The normalized spacial score (nSPS) is 33.4. The molecule has 3 rings (SSSR count). The van der Waals surface area contributed by atoms with E-state index in [1.807, 2.05) is 0 Å². The Balaban J connectivity index is 0.000000750. The smallest absolute Gasteiger partial charge is 0.00111 e. The maximum atomic E-state index is 3.44. The van der Waals surface area contributed by atoms with E-state index in [9.17, 15) is 0 Å². The van der Waals surface area contributed by atoms with Gasteiger partial charge in [-0.1, -0.05) is 24.3 Å². The van der Waals surface area contributed by atoms with Crippen LogP contribution < -0.4 is 5.32 Å². The molecule has 0 amide bonds. The lowest BCUT2D eigenvalue weighted by molar-refractivity contribution is 0.682. The van der Waals surface area contributed by atoms with Crippen LogP contribution >= 0.6 is 12.4 Å². The van der Waals surface area contributed by atoms with Gasteiger partial charge < -0.3 is 5.32 Å². The molecule has 1 saturated heterocycles. The molecular weight excluding hydrogens is 194 g/mol. The summed E-state index contributed by atoms with van der Waals surface area (Å²) in [6, 6.07) is 8.84. The van der Waals surface area contributed by atoms with Crippen molar-refractivity contribution in [2.75, 3.05) is 13.1 Å². The Kier molecular flexibility index (Phi) is 2.54. The van der Waals surface area contributed by atoms with Gasteiger partial charge in [0, 0.05) is 0 Å². The Morgan fingerprint density at radius 1 is 1.14 bits per heavy atom. The van der Waals surface area contributed by atoms with Crippen LogP contribution in [-0.2, 0) is 0 Å². The highest BCUT2D eigenvalue weighted by Crippen LogP contribution is 2.56. The summed E-state index contributed by atoms with van der Waals surface area (Å²) in [4.78, 5) is 0. The molecule has 14 heavy (non-hydrogen) atoms. The highest BCUT2D eigenvalue weighted by molar-refractivity contribution is 5.85. The van der Waals surface area contributed by atoms with Gasteiger partial charge in [-0.05, 0) is 48.9 Å². The molecule has 0 radical (unpaired) electrons. The molecule has 2 aliphatic rings. The monoisotopic (exact) mass is 209 g/mol. The van der Waals surface area contributed by atoms with Crippen LogP contribution in [0.5, 0.6) is 0 Å². The van der Waals surface area contributed by atoms with Gasteiger partial charge in [-0.3, -0.25) is 0 Å². The summed E-state index contributed by atoms with van der Waals surface area (Å²) in [6.07, 6.45) is 0. The van der Waals surface area contributed by atoms with Crippen LogP contribution in [0.15, 0.2) is 24.3 Å². The Hall–Kier alpha value is -0.530. The van der Waals surface area contributed by atoms with Crippen LogP contribution in [0.1, 0.15) is 17.0 Å². The van der Waals surface area contributed by atoms with Crippen molar-refractivity contribution in [3.05, 3.63) is 35.4 Å². The molecule has 1 aromatic carbocycles. The molecular formula is C12H16ClN. The lowest BCUT2D eigenvalue weighted by atomic mass is 10.0. The van der Waals surface area contributed by atoms with Crippen LogP contribution in [0.2, 0.25) is 0 Å². The fraction of sp³-hybridized carbons (Fsp3) is 0.500. The van der Waals surface area contributed by atoms with E-state index in [2.05, 4.69) is 36.5 Å². The molecule has 0 bridgehead atoms. The van der Waals surface area contributed by atoms with E-state index in [0.29, 0.717) is 0 Å². The predicted octanol–water partition coefficient (Wildman–Crippen LogP) is 2.35. The van der Waals surface area contributed by atoms with Crippen molar-refractivity contribution in [2.24, 2.45) is 11.8 Å². The summed E-state index contributed by atoms with van der Waals surface area (Å²) >= 11 is 0. The number of piperidine rings is 1. The minimum atomic E-state index is 0. The molecule has 2 unspecified atom stereocenters. The number of hydrogen-bond acceptors (Lipinski definition) is 1. The van der Waals surface area contributed by atoms with Crippen LogP contribution in [0.25, 0.3) is 0 Å². The molecule has 1 heterocycles. The third kappa shape index (κ3) is 1.35. The van der Waals surface area contributed by atoms with Gasteiger partial charge in [-0.2, -0.15) is 0 Å². The minimum Gasteiger partial charge on any atom is -0.316 e. The quantitative estimate of drug-likeness (QED) is 0.749. The highest BCUT2D eigenvalue weighted by atomic mass is 35.5. The van der Waals surface area contributed by atoms with Crippen molar-refractivity contribution in [1.82, 2.24) is 5.32 Å². The first-order valence-electron chi connectivity index (χ1n) is 5.14. The summed E-state index contributed by atoms with van der Waals surface area (Å²) in [5.74, 6) is 2.77. The second kappa shape index (κ2) is 3.56. The SMILES string of the molecule is Cc1ccccc1C1C2CNCC21.Cl. The van der Waals surface area contributed by atoms with Gasteiger partial charge in [0.25, 0.3) is 0 Å². The molecule has 2 heteroatoms. The first-order chi connectivity index (χ1) is 6.38. The van der Waals surface area contributed by atoms with Gasteiger partial charge in [0.1, 0.15) is 0 Å². The summed E-state index contributed by atoms with van der Waals surface area (Å²) in [5, 5.41) is 3.44. The standard InChI is InChI=1S/C12H15N.ClH/c1-8-4-2-3-5-9(8)12-10-6-13-7-11(10)12;/h2-5,10-13H,6-7H2,1H3;1H. The second-order valence-corrected chi connectivity index (χ2v) is 4.37. The molecule has 1 aliphatic carbocycles. The number of fused-ring (bicyclic) bond motifs is 1. The first kappa shape index (κ1) is 10.0. The number of aryl methyl sites for hydroxylation is 1. The maximum Gasteiger partial charge on any atom is -0.00111 e. The Morgan fingerprint density at radius 3 is 2.43 bits per heavy atom. The van der Waals surface area contributed by atoms with E-state index in [4.69, 9.17) is 0 Å². The third-order valence-corrected chi connectivity index (χ3v) is 3.64. The van der Waals surface area contributed by atoms with Gasteiger partial charge in [0.2, 0.25) is 0 Å². The van der Waals surface area contributed by atoms with E-state index in [-0.39, 0.29) is 12.4 Å². The molecule has 1 saturated carbocycles. The topological polar surface area (TPSA) is 12.0 Å². The van der Waals surface area contributed by atoms with Crippen LogP contribution in [-0.4, -0.2) is 13.1 Å². The molecule has 2 atom stereocenters. The lowest BCUT2D eigenvalue weighted by Crippen LogP contribution is -2.14. The van der Waals surface area contributed by atoms with E-state index in [0.717, 1.165) is 17.8 Å². The van der Waals surface area contributed by atoms with Crippen LogP contribution in [0.4, 0.5) is 0 Å². The van der Waals surface area contributed by atoms with Crippen LogP contribution in [0, 0.1) is 18.8 Å². The van der Waals surface area contributed by atoms with Crippen molar-refractivity contribution in [3.63, 3.8) is 0 Å². The third-order valence-electron chi connectivity index (χ3n) is 3.64. The van der Waals surface area contributed by atoms with Crippen molar-refractivity contribution >= 4 is 12.4 Å². The van der Waals surface area contributed by atoms with E-state index < -0.39 is 0 Å². The number of nitrogens with one attached hydrogen (secondary N) is 1. The highest BCUT2D eigenvalue weighted by Gasteiger charge is 2.53. The Morgan fingerprint density at radius 2 is 1.79 bits per heavy atom. The number of halogens is 1. The molecule has 1 aromatic rings. The van der Waals surface area contributed by atoms with Crippen molar-refractivity contribution in [3.8, 4) is 0 Å². The molecule has 1 aliphatic heterocycles. The molecule has 2 fully saturated rings. The van der Waals surface area contributed by atoms with Gasteiger partial charge >= 0.3 is 0 Å². The molecule has 0 aromatic heterocycles. The molecule has 1 nitrogen and oxygen atoms in total. The fourth-order valence-corrected chi connectivity index (χ4v) is 2.84. The van der Waals surface area contributed by atoms with Gasteiger partial charge in [0.05, 0.1) is 0 Å². The summed E-state index contributed by atoms with van der Waals surface area (Å²) in [5.41, 5.74) is 3.07. The maximum absolute atomic E-state index is 3.44. The summed E-state index contributed by atoms with van der Waals surface area (Å²) in [7, 11) is 0. The zero-order valence-electron chi connectivity index (χ0n) is 8.36. The van der Waals surface area contributed by atoms with Crippen LogP contribution in [0.3, 0.4) is 0 Å². The van der Waals surface area contributed by atoms with Gasteiger partial charge in [-0.25, -0.2) is 0 Å². The van der Waals surface area contributed by atoms with Crippen molar-refractivity contribution in [2.45, 2.75) is 12.8 Å². The number of hydrogen-bond donors (Lipinski definition) is 1. The van der Waals surface area contributed by atoms with E-state index >= 15 is 0 Å². The number of benzene rings is 1. The fourth-order valence-electron chi connectivity index (χ4n) is 2.84. The largest absolute Gasteiger partial charge is 0.316 e. The molecule has 1 N–H and O–H groups in total. The Labute approximate surface area is 91.3 Å². The zero-order chi connectivity index (χ0) is 8.84. The summed E-state index contributed by atoms with van der Waals surface area (Å²) < 4.78 is 0. The van der Waals surface area contributed by atoms with E-state index in [1.165, 1.54) is 18.7 Å². The van der Waals surface area contributed by atoms with Gasteiger partial charge in [-0.15, -0.1) is 12.4 Å². The lowest BCUT2D eigenvalue weighted by Gasteiger charge is -2.07. The Bertz CT molecular complexity index is 327.